The van der Waals surface area contributed by atoms with Crippen LogP contribution in [0.3, 0.4) is 0 Å². The highest BCUT2D eigenvalue weighted by atomic mass is 16.4. The minimum atomic E-state index is 0.552. The molecule has 0 aliphatic heterocycles. The normalized spacial score (nSPS) is 11.6. The summed E-state index contributed by atoms with van der Waals surface area (Å²) >= 11 is 0. The van der Waals surface area contributed by atoms with Gasteiger partial charge in [0.05, 0.1) is 0 Å². The van der Waals surface area contributed by atoms with Gasteiger partial charge in [-0.1, -0.05) is 71.9 Å². The number of fused-ring (bicyclic) bond motifs is 1. The molecule has 1 aromatic heterocycles. The molecule has 4 aromatic rings. The summed E-state index contributed by atoms with van der Waals surface area (Å²) in [6.45, 7) is 0. The van der Waals surface area contributed by atoms with E-state index in [0.29, 0.717) is 5.71 Å². The van der Waals surface area contributed by atoms with Gasteiger partial charge in [-0.15, -0.1) is 0 Å². The van der Waals surface area contributed by atoms with Gasteiger partial charge < -0.3 is 5.21 Å². The van der Waals surface area contributed by atoms with Crippen LogP contribution in [0.4, 0.5) is 0 Å². The molecular formula is C24H20N2O. The fraction of sp³-hybridized carbons (Fsp3) is 0.0833. The maximum atomic E-state index is 9.64. The van der Waals surface area contributed by atoms with E-state index in [-0.39, 0.29) is 0 Å². The predicted octanol–water partition coefficient (Wildman–Crippen LogP) is 5.25. The van der Waals surface area contributed by atoms with Crippen molar-refractivity contribution in [3.8, 4) is 0 Å². The summed E-state index contributed by atoms with van der Waals surface area (Å²) in [4.78, 5) is 4.14. The van der Waals surface area contributed by atoms with Crippen LogP contribution in [-0.2, 0) is 12.8 Å². The number of rotatable bonds is 5. The molecule has 132 valence electrons. The van der Waals surface area contributed by atoms with Gasteiger partial charge in [0.25, 0.3) is 0 Å². The molecule has 3 nitrogen and oxygen atoms in total. The highest BCUT2D eigenvalue weighted by Crippen LogP contribution is 2.22. The van der Waals surface area contributed by atoms with E-state index in [4.69, 9.17) is 0 Å². The van der Waals surface area contributed by atoms with Crippen molar-refractivity contribution in [2.75, 3.05) is 0 Å². The topological polar surface area (TPSA) is 45.5 Å². The van der Waals surface area contributed by atoms with Crippen LogP contribution >= 0.6 is 0 Å². The van der Waals surface area contributed by atoms with Crippen molar-refractivity contribution >= 4 is 16.5 Å². The van der Waals surface area contributed by atoms with Gasteiger partial charge in [-0.3, -0.25) is 4.98 Å². The average Bonchev–Trinajstić information content (AvgIpc) is 2.74. The lowest BCUT2D eigenvalue weighted by atomic mass is 9.93. The van der Waals surface area contributed by atoms with Gasteiger partial charge in [-0.05, 0) is 46.9 Å². The van der Waals surface area contributed by atoms with E-state index in [9.17, 15) is 5.21 Å². The second kappa shape index (κ2) is 7.83. The van der Waals surface area contributed by atoms with E-state index in [2.05, 4.69) is 58.7 Å². The fourth-order valence-electron chi connectivity index (χ4n) is 3.52. The SMILES string of the molecule is ON=C(c1cccnc1)c1ccccc1CCc1cccc2ccccc12. The van der Waals surface area contributed by atoms with Gasteiger partial charge in [0, 0.05) is 23.5 Å². The molecule has 27 heavy (non-hydrogen) atoms. The smallest absolute Gasteiger partial charge is 0.118 e. The lowest BCUT2D eigenvalue weighted by Gasteiger charge is -2.12. The number of hydrogen-bond acceptors (Lipinski definition) is 3. The van der Waals surface area contributed by atoms with E-state index in [0.717, 1.165) is 29.5 Å². The first-order valence-electron chi connectivity index (χ1n) is 9.04. The van der Waals surface area contributed by atoms with Gasteiger partial charge in [0.15, 0.2) is 0 Å². The van der Waals surface area contributed by atoms with Crippen LogP contribution in [0.2, 0.25) is 0 Å². The molecule has 0 aliphatic rings. The summed E-state index contributed by atoms with van der Waals surface area (Å²) in [5.41, 5.74) is 4.77. The molecular weight excluding hydrogens is 332 g/mol. The summed E-state index contributed by atoms with van der Waals surface area (Å²) < 4.78 is 0. The predicted molar refractivity (Wildman–Crippen MR) is 109 cm³/mol. The van der Waals surface area contributed by atoms with E-state index in [1.54, 1.807) is 12.4 Å². The Balaban J connectivity index is 1.66. The van der Waals surface area contributed by atoms with E-state index in [1.165, 1.54) is 16.3 Å². The van der Waals surface area contributed by atoms with E-state index < -0.39 is 0 Å². The van der Waals surface area contributed by atoms with Crippen LogP contribution in [0.5, 0.6) is 0 Å². The van der Waals surface area contributed by atoms with Crippen LogP contribution in [0.15, 0.2) is 96.4 Å². The first-order chi connectivity index (χ1) is 13.4. The summed E-state index contributed by atoms with van der Waals surface area (Å²) in [5.74, 6) is 0. The Kier molecular flexibility index (Phi) is 4.93. The summed E-state index contributed by atoms with van der Waals surface area (Å²) in [6.07, 6.45) is 5.22. The molecule has 0 amide bonds. The zero-order valence-electron chi connectivity index (χ0n) is 14.9. The number of aryl methyl sites for hydroxylation is 2. The molecule has 0 fully saturated rings. The van der Waals surface area contributed by atoms with Gasteiger partial charge in [-0.2, -0.15) is 0 Å². The first-order valence-corrected chi connectivity index (χ1v) is 9.04. The third-order valence-electron chi connectivity index (χ3n) is 4.85. The van der Waals surface area contributed by atoms with Crippen molar-refractivity contribution in [3.63, 3.8) is 0 Å². The summed E-state index contributed by atoms with van der Waals surface area (Å²) in [5, 5.41) is 15.8. The molecule has 0 spiro atoms. The molecule has 0 saturated carbocycles. The van der Waals surface area contributed by atoms with Crippen LogP contribution in [-0.4, -0.2) is 15.9 Å². The van der Waals surface area contributed by atoms with Crippen molar-refractivity contribution in [1.82, 2.24) is 4.98 Å². The van der Waals surface area contributed by atoms with Gasteiger partial charge >= 0.3 is 0 Å². The Morgan fingerprint density at radius 1 is 0.778 bits per heavy atom. The Labute approximate surface area is 158 Å². The van der Waals surface area contributed by atoms with Crippen LogP contribution in [0, 0.1) is 0 Å². The molecule has 4 rings (SSSR count). The number of nitrogens with zero attached hydrogens (tertiary/aromatic N) is 2. The van der Waals surface area contributed by atoms with Crippen molar-refractivity contribution in [2.45, 2.75) is 12.8 Å². The minimum absolute atomic E-state index is 0.552. The monoisotopic (exact) mass is 352 g/mol. The van der Waals surface area contributed by atoms with Gasteiger partial charge in [-0.25, -0.2) is 0 Å². The zero-order chi connectivity index (χ0) is 18.5. The highest BCUT2D eigenvalue weighted by molar-refractivity contribution is 6.13. The van der Waals surface area contributed by atoms with Gasteiger partial charge in [0.2, 0.25) is 0 Å². The summed E-state index contributed by atoms with van der Waals surface area (Å²) in [7, 11) is 0. The van der Waals surface area contributed by atoms with Crippen molar-refractivity contribution in [2.24, 2.45) is 5.16 Å². The molecule has 1 N–H and O–H groups in total. The van der Waals surface area contributed by atoms with Crippen LogP contribution in [0.1, 0.15) is 22.3 Å². The maximum Gasteiger partial charge on any atom is 0.118 e. The highest BCUT2D eigenvalue weighted by Gasteiger charge is 2.13. The molecule has 1 heterocycles. The second-order valence-electron chi connectivity index (χ2n) is 6.49. The Morgan fingerprint density at radius 2 is 1.52 bits per heavy atom. The maximum absolute atomic E-state index is 9.64. The van der Waals surface area contributed by atoms with Crippen LogP contribution < -0.4 is 0 Å². The molecule has 0 unspecified atom stereocenters. The van der Waals surface area contributed by atoms with Crippen LogP contribution in [0.25, 0.3) is 10.8 Å². The third-order valence-corrected chi connectivity index (χ3v) is 4.85. The lowest BCUT2D eigenvalue weighted by Crippen LogP contribution is -2.08. The van der Waals surface area contributed by atoms with Crippen molar-refractivity contribution < 1.29 is 5.21 Å². The second-order valence-corrected chi connectivity index (χ2v) is 6.49. The number of benzene rings is 3. The Hall–Kier alpha value is -3.46. The minimum Gasteiger partial charge on any atom is -0.410 e. The Morgan fingerprint density at radius 3 is 2.37 bits per heavy atom. The lowest BCUT2D eigenvalue weighted by molar-refractivity contribution is 0.319. The standard InChI is InChI=1S/C24H20N2O/c27-26-24(21-11-6-16-25-17-21)23-13-4-2-8-20(23)15-14-19-10-5-9-18-7-1-3-12-22(18)19/h1-13,16-17,27H,14-15H2. The van der Waals surface area contributed by atoms with Crippen molar-refractivity contribution in [1.29, 1.82) is 0 Å². The molecule has 3 aromatic carbocycles. The molecule has 0 bridgehead atoms. The zero-order valence-corrected chi connectivity index (χ0v) is 14.9. The van der Waals surface area contributed by atoms with E-state index >= 15 is 0 Å². The number of aromatic nitrogens is 1. The molecule has 0 atom stereocenters. The fourth-order valence-corrected chi connectivity index (χ4v) is 3.52. The third kappa shape index (κ3) is 3.58. The quantitative estimate of drug-likeness (QED) is 0.303. The van der Waals surface area contributed by atoms with Gasteiger partial charge in [0.1, 0.15) is 5.71 Å². The number of pyridine rings is 1. The van der Waals surface area contributed by atoms with E-state index in [1.807, 2.05) is 30.3 Å². The first kappa shape index (κ1) is 17.0. The molecule has 3 heteroatoms. The Bertz CT molecular complexity index is 1080. The number of oxime groups is 1. The molecule has 0 aliphatic carbocycles. The number of hydrogen-bond donors (Lipinski definition) is 1. The summed E-state index contributed by atoms with van der Waals surface area (Å²) in [6, 6.07) is 26.8. The largest absolute Gasteiger partial charge is 0.410 e. The molecule has 0 saturated heterocycles. The van der Waals surface area contributed by atoms with Crippen molar-refractivity contribution in [3.05, 3.63) is 114 Å². The molecule has 0 radical (unpaired) electrons. The average molecular weight is 352 g/mol.